The van der Waals surface area contributed by atoms with Gasteiger partial charge in [-0.2, -0.15) is 0 Å². The first-order valence-corrected chi connectivity index (χ1v) is 7.50. The molecule has 4 rings (SSSR count). The minimum Gasteiger partial charge on any atom is -0.267 e. The van der Waals surface area contributed by atoms with Crippen LogP contribution in [0.5, 0.6) is 0 Å². The number of rotatable bonds is 2. The van der Waals surface area contributed by atoms with E-state index in [0.29, 0.717) is 10.2 Å². The van der Waals surface area contributed by atoms with Gasteiger partial charge in [-0.1, -0.05) is 12.1 Å². The number of thiophene rings is 1. The molecule has 0 aliphatic rings. The van der Waals surface area contributed by atoms with E-state index in [1.165, 1.54) is 34.5 Å². The summed E-state index contributed by atoms with van der Waals surface area (Å²) in [5, 5.41) is 2.43. The molecule has 0 bridgehead atoms. The third-order valence-electron chi connectivity index (χ3n) is 3.47. The number of benzene rings is 1. The minimum atomic E-state index is -0.300. The molecule has 0 aliphatic carbocycles. The molecule has 1 aromatic carbocycles. The van der Waals surface area contributed by atoms with Crippen molar-refractivity contribution in [1.82, 2.24) is 14.3 Å². The van der Waals surface area contributed by atoms with Gasteiger partial charge in [-0.3, -0.25) is 9.47 Å². The van der Waals surface area contributed by atoms with Crippen LogP contribution in [-0.4, -0.2) is 14.3 Å². The molecule has 0 saturated carbocycles. The van der Waals surface area contributed by atoms with Crippen molar-refractivity contribution in [1.29, 1.82) is 0 Å². The summed E-state index contributed by atoms with van der Waals surface area (Å²) in [6, 6.07) is 9.79. The summed E-state index contributed by atoms with van der Waals surface area (Å²) >= 11 is 1.41. The summed E-state index contributed by atoms with van der Waals surface area (Å²) in [4.78, 5) is 17.8. The molecule has 0 saturated heterocycles. The van der Waals surface area contributed by atoms with Gasteiger partial charge in [0.05, 0.1) is 5.39 Å². The van der Waals surface area contributed by atoms with Crippen LogP contribution in [0, 0.1) is 5.82 Å². The van der Waals surface area contributed by atoms with Crippen molar-refractivity contribution >= 4 is 21.6 Å². The van der Waals surface area contributed by atoms with Gasteiger partial charge in [0.15, 0.2) is 0 Å². The van der Waals surface area contributed by atoms with E-state index in [-0.39, 0.29) is 11.4 Å². The summed E-state index contributed by atoms with van der Waals surface area (Å²) in [5.41, 5.74) is 1.43. The Morgan fingerprint density at radius 1 is 1.09 bits per heavy atom. The fraction of sp³-hybridized carbons (Fsp3) is 0. The lowest BCUT2D eigenvalue weighted by molar-refractivity contribution is 0.627. The van der Waals surface area contributed by atoms with Crippen LogP contribution in [0.1, 0.15) is 0 Å². The molecule has 4 nitrogen and oxygen atoms in total. The average Bonchev–Trinajstić information content (AvgIpc) is 3.18. The third kappa shape index (κ3) is 1.96. The summed E-state index contributed by atoms with van der Waals surface area (Å²) in [6.45, 7) is 0. The normalized spacial score (nSPS) is 11.1. The Morgan fingerprint density at radius 2 is 1.82 bits per heavy atom. The maximum absolute atomic E-state index is 13.1. The van der Waals surface area contributed by atoms with Gasteiger partial charge < -0.3 is 0 Å². The highest BCUT2D eigenvalue weighted by atomic mass is 32.1. The lowest BCUT2D eigenvalue weighted by Gasteiger charge is -2.06. The Balaban J connectivity index is 1.99. The van der Waals surface area contributed by atoms with E-state index >= 15 is 0 Å². The molecule has 0 spiro atoms. The second-order valence-corrected chi connectivity index (χ2v) is 5.65. The van der Waals surface area contributed by atoms with Crippen LogP contribution in [0.4, 0.5) is 4.39 Å². The lowest BCUT2D eigenvalue weighted by Crippen LogP contribution is -2.25. The van der Waals surface area contributed by atoms with Crippen molar-refractivity contribution < 1.29 is 4.39 Å². The van der Waals surface area contributed by atoms with E-state index in [0.717, 1.165) is 11.1 Å². The van der Waals surface area contributed by atoms with Gasteiger partial charge in [0.2, 0.25) is 0 Å². The molecule has 108 valence electrons. The van der Waals surface area contributed by atoms with Gasteiger partial charge in [0.25, 0.3) is 5.56 Å². The van der Waals surface area contributed by atoms with Crippen LogP contribution in [0.3, 0.4) is 0 Å². The van der Waals surface area contributed by atoms with E-state index in [1.807, 2.05) is 17.5 Å². The van der Waals surface area contributed by atoms with Gasteiger partial charge in [0, 0.05) is 23.3 Å². The Hall–Kier alpha value is -2.73. The van der Waals surface area contributed by atoms with Crippen LogP contribution in [0.15, 0.2) is 65.3 Å². The molecule has 0 aliphatic heterocycles. The first-order valence-electron chi connectivity index (χ1n) is 6.62. The highest BCUT2D eigenvalue weighted by Crippen LogP contribution is 2.30. The first-order chi connectivity index (χ1) is 10.7. The molecule has 22 heavy (non-hydrogen) atoms. The van der Waals surface area contributed by atoms with Crippen LogP contribution in [0.25, 0.3) is 21.3 Å². The fourth-order valence-electron chi connectivity index (χ4n) is 2.40. The number of hydrogen-bond donors (Lipinski definition) is 0. The molecule has 0 radical (unpaired) electrons. The van der Waals surface area contributed by atoms with Gasteiger partial charge in [-0.15, -0.1) is 11.3 Å². The predicted molar refractivity (Wildman–Crippen MR) is 84.5 cm³/mol. The smallest absolute Gasteiger partial charge is 0.267 e. The second-order valence-electron chi connectivity index (χ2n) is 4.79. The zero-order valence-electron chi connectivity index (χ0n) is 11.3. The first kappa shape index (κ1) is 13.0. The number of halogens is 1. The van der Waals surface area contributed by atoms with Crippen LogP contribution in [-0.2, 0) is 0 Å². The zero-order valence-corrected chi connectivity index (χ0v) is 12.1. The number of hydrogen-bond acceptors (Lipinski definition) is 3. The zero-order chi connectivity index (χ0) is 15.1. The minimum absolute atomic E-state index is 0.151. The van der Waals surface area contributed by atoms with Crippen LogP contribution in [0.2, 0.25) is 0 Å². The third-order valence-corrected chi connectivity index (χ3v) is 4.36. The van der Waals surface area contributed by atoms with Gasteiger partial charge >= 0.3 is 0 Å². The van der Waals surface area contributed by atoms with Crippen molar-refractivity contribution in [2.75, 3.05) is 0 Å². The molecule has 0 fully saturated rings. The summed E-state index contributed by atoms with van der Waals surface area (Å²) in [7, 11) is 0. The second kappa shape index (κ2) is 4.92. The average molecular weight is 311 g/mol. The number of aromatic nitrogens is 3. The highest BCUT2D eigenvalue weighted by Gasteiger charge is 2.13. The van der Waals surface area contributed by atoms with Crippen molar-refractivity contribution in [3.8, 4) is 11.1 Å². The van der Waals surface area contributed by atoms with Crippen LogP contribution < -0.4 is 5.56 Å². The largest absolute Gasteiger partial charge is 0.282 e. The molecular weight excluding hydrogens is 301 g/mol. The van der Waals surface area contributed by atoms with E-state index in [1.54, 1.807) is 29.2 Å². The molecule has 3 aromatic heterocycles. The summed E-state index contributed by atoms with van der Waals surface area (Å²) in [5.74, 6) is -0.300. The fourth-order valence-corrected chi connectivity index (χ4v) is 3.31. The molecule has 0 unspecified atom stereocenters. The Bertz CT molecular complexity index is 1000. The maximum Gasteiger partial charge on any atom is 0.282 e. The van der Waals surface area contributed by atoms with Crippen molar-refractivity contribution in [2.24, 2.45) is 0 Å². The van der Waals surface area contributed by atoms with E-state index in [9.17, 15) is 9.18 Å². The summed E-state index contributed by atoms with van der Waals surface area (Å²) in [6.07, 6.45) is 5.06. The van der Waals surface area contributed by atoms with Gasteiger partial charge in [-0.25, -0.2) is 14.1 Å². The van der Waals surface area contributed by atoms with Gasteiger partial charge in [-0.05, 0) is 29.8 Å². The van der Waals surface area contributed by atoms with Crippen molar-refractivity contribution in [2.45, 2.75) is 0 Å². The molecule has 4 aromatic rings. The molecular formula is C16H10FN3OS. The molecule has 6 heteroatoms. The summed E-state index contributed by atoms with van der Waals surface area (Å²) < 4.78 is 16.2. The molecule has 0 amide bonds. The monoisotopic (exact) mass is 311 g/mol. The predicted octanol–water partition coefficient (Wildman–Crippen LogP) is 3.38. The van der Waals surface area contributed by atoms with E-state index in [2.05, 4.69) is 4.98 Å². The Labute approximate surface area is 128 Å². The van der Waals surface area contributed by atoms with Gasteiger partial charge in [0.1, 0.15) is 17.0 Å². The van der Waals surface area contributed by atoms with Crippen LogP contribution >= 0.6 is 11.3 Å². The Kier molecular flexibility index (Phi) is 2.90. The Morgan fingerprint density at radius 3 is 2.55 bits per heavy atom. The van der Waals surface area contributed by atoms with Crippen molar-refractivity contribution in [3.05, 3.63) is 76.7 Å². The van der Waals surface area contributed by atoms with Crippen molar-refractivity contribution in [3.63, 3.8) is 0 Å². The SMILES string of the molecule is O=c1c2c(-c3ccc(F)cc3)csc2ncn1-n1cccc1. The number of fused-ring (bicyclic) bond motifs is 1. The lowest BCUT2D eigenvalue weighted by atomic mass is 10.1. The molecule has 3 heterocycles. The highest BCUT2D eigenvalue weighted by molar-refractivity contribution is 7.17. The standard InChI is InChI=1S/C16H10FN3OS/c17-12-5-3-11(4-6-12)13-9-22-15-14(13)16(21)20(10-18-15)19-7-1-2-8-19/h1-10H. The number of nitrogens with zero attached hydrogens (tertiary/aromatic N) is 3. The topological polar surface area (TPSA) is 39.8 Å². The maximum atomic E-state index is 13.1. The van der Waals surface area contributed by atoms with E-state index < -0.39 is 0 Å². The van der Waals surface area contributed by atoms with E-state index in [4.69, 9.17) is 0 Å². The quantitative estimate of drug-likeness (QED) is 0.569. The molecule has 0 N–H and O–H groups in total. The molecule has 0 atom stereocenters.